The van der Waals surface area contributed by atoms with E-state index in [1.807, 2.05) is 37.7 Å². The zero-order chi connectivity index (χ0) is 18.3. The number of carbonyl (C=O) groups excluding carboxylic acids is 1. The number of aromatic nitrogens is 4. The summed E-state index contributed by atoms with van der Waals surface area (Å²) in [6, 6.07) is 9.63. The molecule has 26 heavy (non-hydrogen) atoms. The van der Waals surface area contributed by atoms with Crippen molar-refractivity contribution in [2.75, 3.05) is 5.32 Å². The van der Waals surface area contributed by atoms with E-state index >= 15 is 0 Å². The summed E-state index contributed by atoms with van der Waals surface area (Å²) in [6.45, 7) is 4.05. The predicted octanol–water partition coefficient (Wildman–Crippen LogP) is 3.83. The lowest BCUT2D eigenvalue weighted by Gasteiger charge is -2.06. The van der Waals surface area contributed by atoms with E-state index in [0.717, 1.165) is 39.1 Å². The first kappa shape index (κ1) is 16.1. The molecule has 0 radical (unpaired) electrons. The number of pyridine rings is 1. The molecule has 6 heteroatoms. The second-order valence-corrected chi connectivity index (χ2v) is 6.32. The third kappa shape index (κ3) is 2.65. The topological polar surface area (TPSA) is 75.6 Å². The third-order valence-corrected chi connectivity index (χ3v) is 4.66. The molecule has 0 aliphatic rings. The molecule has 0 unspecified atom stereocenters. The molecule has 3 aromatic heterocycles. The Bertz CT molecular complexity index is 1110. The SMILES string of the molecule is Cc1nn(C)c(C)c1-c1ccc2[nH]cc(C(=O)Nc3ccncc3)c2c1. The fraction of sp³-hybridized carbons (Fsp3) is 0.150. The standard InChI is InChI=1S/C20H19N5O/c1-12-19(13(2)25(3)24-12)14-4-5-18-16(10-14)17(11-22-18)20(26)23-15-6-8-21-9-7-15/h4-11,22H,1-3H3,(H,21,23,26). The highest BCUT2D eigenvalue weighted by Crippen LogP contribution is 2.30. The average molecular weight is 345 g/mol. The van der Waals surface area contributed by atoms with Crippen molar-refractivity contribution in [2.24, 2.45) is 7.05 Å². The molecule has 1 aromatic carbocycles. The number of fused-ring (bicyclic) bond motifs is 1. The van der Waals surface area contributed by atoms with Gasteiger partial charge in [-0.2, -0.15) is 5.10 Å². The summed E-state index contributed by atoms with van der Waals surface area (Å²) in [6.07, 6.45) is 5.04. The van der Waals surface area contributed by atoms with Crippen molar-refractivity contribution in [2.45, 2.75) is 13.8 Å². The van der Waals surface area contributed by atoms with Crippen LogP contribution in [0, 0.1) is 13.8 Å². The van der Waals surface area contributed by atoms with Crippen molar-refractivity contribution >= 4 is 22.5 Å². The van der Waals surface area contributed by atoms with E-state index in [9.17, 15) is 4.79 Å². The van der Waals surface area contributed by atoms with Gasteiger partial charge in [0.15, 0.2) is 0 Å². The first-order valence-electron chi connectivity index (χ1n) is 8.37. The number of hydrogen-bond acceptors (Lipinski definition) is 3. The van der Waals surface area contributed by atoms with Crippen molar-refractivity contribution < 1.29 is 4.79 Å². The molecule has 3 heterocycles. The van der Waals surface area contributed by atoms with Crippen LogP contribution in [-0.4, -0.2) is 25.7 Å². The van der Waals surface area contributed by atoms with E-state index in [4.69, 9.17) is 0 Å². The number of rotatable bonds is 3. The van der Waals surface area contributed by atoms with Crippen molar-refractivity contribution in [1.82, 2.24) is 19.7 Å². The summed E-state index contributed by atoms with van der Waals surface area (Å²) in [4.78, 5) is 19.8. The summed E-state index contributed by atoms with van der Waals surface area (Å²) in [5.74, 6) is -0.153. The Morgan fingerprint density at radius 3 is 2.62 bits per heavy atom. The second kappa shape index (κ2) is 6.15. The molecule has 0 fully saturated rings. The van der Waals surface area contributed by atoms with Gasteiger partial charge in [0, 0.05) is 53.5 Å². The molecular weight excluding hydrogens is 326 g/mol. The fourth-order valence-electron chi connectivity index (χ4n) is 3.29. The summed E-state index contributed by atoms with van der Waals surface area (Å²) >= 11 is 0. The molecule has 4 rings (SSSR count). The van der Waals surface area contributed by atoms with Crippen LogP contribution in [0.15, 0.2) is 48.9 Å². The number of anilines is 1. The zero-order valence-electron chi connectivity index (χ0n) is 14.9. The monoisotopic (exact) mass is 345 g/mol. The van der Waals surface area contributed by atoms with E-state index < -0.39 is 0 Å². The summed E-state index contributed by atoms with van der Waals surface area (Å²) in [5.41, 5.74) is 6.48. The lowest BCUT2D eigenvalue weighted by molar-refractivity contribution is 0.102. The van der Waals surface area contributed by atoms with Gasteiger partial charge < -0.3 is 10.3 Å². The fourth-order valence-corrected chi connectivity index (χ4v) is 3.29. The van der Waals surface area contributed by atoms with Crippen LogP contribution in [0.25, 0.3) is 22.0 Å². The number of hydrogen-bond donors (Lipinski definition) is 2. The molecular formula is C20H19N5O. The van der Waals surface area contributed by atoms with E-state index in [2.05, 4.69) is 26.4 Å². The molecule has 2 N–H and O–H groups in total. The molecule has 130 valence electrons. The molecule has 0 bridgehead atoms. The van der Waals surface area contributed by atoms with Gasteiger partial charge in [-0.1, -0.05) is 6.07 Å². The summed E-state index contributed by atoms with van der Waals surface area (Å²) in [7, 11) is 1.94. The molecule has 4 aromatic rings. The van der Waals surface area contributed by atoms with Gasteiger partial charge in [0.1, 0.15) is 0 Å². The maximum atomic E-state index is 12.7. The molecule has 0 saturated heterocycles. The minimum atomic E-state index is -0.153. The number of aromatic amines is 1. The van der Waals surface area contributed by atoms with Crippen molar-refractivity contribution in [1.29, 1.82) is 0 Å². The van der Waals surface area contributed by atoms with E-state index in [0.29, 0.717) is 5.56 Å². The molecule has 6 nitrogen and oxygen atoms in total. The van der Waals surface area contributed by atoms with Crippen LogP contribution in [-0.2, 0) is 7.05 Å². The maximum Gasteiger partial charge on any atom is 0.257 e. The van der Waals surface area contributed by atoms with Gasteiger partial charge in [-0.3, -0.25) is 14.5 Å². The minimum absolute atomic E-state index is 0.153. The number of amides is 1. The first-order valence-corrected chi connectivity index (χ1v) is 8.37. The Morgan fingerprint density at radius 2 is 1.92 bits per heavy atom. The Morgan fingerprint density at radius 1 is 1.15 bits per heavy atom. The minimum Gasteiger partial charge on any atom is -0.360 e. The summed E-state index contributed by atoms with van der Waals surface area (Å²) < 4.78 is 1.88. The normalized spacial score (nSPS) is 11.0. The molecule has 0 atom stereocenters. The van der Waals surface area contributed by atoms with E-state index in [1.54, 1.807) is 30.7 Å². The van der Waals surface area contributed by atoms with Gasteiger partial charge in [-0.25, -0.2) is 0 Å². The van der Waals surface area contributed by atoms with Crippen LogP contribution in [0.2, 0.25) is 0 Å². The van der Waals surface area contributed by atoms with Crippen LogP contribution >= 0.6 is 0 Å². The van der Waals surface area contributed by atoms with Gasteiger partial charge in [0.05, 0.1) is 11.3 Å². The Balaban J connectivity index is 1.76. The number of aryl methyl sites for hydroxylation is 2. The van der Waals surface area contributed by atoms with Gasteiger partial charge in [-0.05, 0) is 43.7 Å². The lowest BCUT2D eigenvalue weighted by Crippen LogP contribution is -2.11. The van der Waals surface area contributed by atoms with Gasteiger partial charge in [0.2, 0.25) is 0 Å². The molecule has 0 saturated carbocycles. The molecule has 1 amide bonds. The first-order chi connectivity index (χ1) is 12.5. The maximum absolute atomic E-state index is 12.7. The number of nitrogens with one attached hydrogen (secondary N) is 2. The summed E-state index contributed by atoms with van der Waals surface area (Å²) in [5, 5.41) is 8.28. The van der Waals surface area contributed by atoms with Gasteiger partial charge in [-0.15, -0.1) is 0 Å². The number of nitrogens with zero attached hydrogens (tertiary/aromatic N) is 3. The van der Waals surface area contributed by atoms with Crippen molar-refractivity contribution in [3.05, 3.63) is 65.9 Å². The largest absolute Gasteiger partial charge is 0.360 e. The second-order valence-electron chi connectivity index (χ2n) is 6.32. The van der Waals surface area contributed by atoms with Crippen LogP contribution in [0.5, 0.6) is 0 Å². The quantitative estimate of drug-likeness (QED) is 0.592. The molecule has 0 aliphatic heterocycles. The zero-order valence-corrected chi connectivity index (χ0v) is 14.9. The van der Waals surface area contributed by atoms with E-state index in [-0.39, 0.29) is 5.91 Å². The Labute approximate surface area is 150 Å². The number of H-pyrrole nitrogens is 1. The smallest absolute Gasteiger partial charge is 0.257 e. The average Bonchev–Trinajstić information content (AvgIpc) is 3.16. The van der Waals surface area contributed by atoms with Crippen LogP contribution in [0.3, 0.4) is 0 Å². The Hall–Kier alpha value is -3.41. The van der Waals surface area contributed by atoms with Crippen LogP contribution < -0.4 is 5.32 Å². The van der Waals surface area contributed by atoms with Crippen molar-refractivity contribution in [3.63, 3.8) is 0 Å². The molecule has 0 aliphatic carbocycles. The van der Waals surface area contributed by atoms with E-state index in [1.165, 1.54) is 0 Å². The Kier molecular flexibility index (Phi) is 3.80. The highest BCUT2D eigenvalue weighted by molar-refractivity contribution is 6.13. The number of benzene rings is 1. The lowest BCUT2D eigenvalue weighted by atomic mass is 10.0. The van der Waals surface area contributed by atoms with Crippen molar-refractivity contribution in [3.8, 4) is 11.1 Å². The van der Waals surface area contributed by atoms with Crippen LogP contribution in [0.4, 0.5) is 5.69 Å². The highest BCUT2D eigenvalue weighted by Gasteiger charge is 2.16. The number of carbonyl (C=O) groups is 1. The van der Waals surface area contributed by atoms with Gasteiger partial charge in [0.25, 0.3) is 5.91 Å². The third-order valence-electron chi connectivity index (χ3n) is 4.66. The highest BCUT2D eigenvalue weighted by atomic mass is 16.1. The van der Waals surface area contributed by atoms with Crippen LogP contribution in [0.1, 0.15) is 21.7 Å². The predicted molar refractivity (Wildman–Crippen MR) is 102 cm³/mol. The van der Waals surface area contributed by atoms with Gasteiger partial charge >= 0.3 is 0 Å². The molecule has 0 spiro atoms.